The quantitative estimate of drug-likeness (QED) is 0.913. The fourth-order valence-corrected chi connectivity index (χ4v) is 3.15. The Morgan fingerprint density at radius 2 is 2.12 bits per heavy atom. The maximum Gasteiger partial charge on any atom is 0.317 e. The first kappa shape index (κ1) is 16.5. The molecule has 1 N–H and O–H groups in total. The van der Waals surface area contributed by atoms with Gasteiger partial charge in [0.2, 0.25) is 0 Å². The third-order valence-electron chi connectivity index (χ3n) is 4.30. The Labute approximate surface area is 143 Å². The van der Waals surface area contributed by atoms with E-state index in [1.54, 1.807) is 6.20 Å². The van der Waals surface area contributed by atoms with Crippen LogP contribution < -0.4 is 5.32 Å². The Morgan fingerprint density at radius 1 is 1.33 bits per heavy atom. The van der Waals surface area contributed by atoms with Crippen molar-refractivity contribution < 1.29 is 4.79 Å². The molecule has 1 aromatic heterocycles. The molecule has 1 aliphatic heterocycles. The van der Waals surface area contributed by atoms with Gasteiger partial charge in [0, 0.05) is 37.9 Å². The van der Waals surface area contributed by atoms with E-state index in [2.05, 4.69) is 29.4 Å². The number of nitrogens with zero attached hydrogens (tertiary/aromatic N) is 4. The fraction of sp³-hybridized carbons (Fsp3) is 0.444. The first-order valence-corrected chi connectivity index (χ1v) is 8.38. The molecule has 3 rings (SSSR count). The summed E-state index contributed by atoms with van der Waals surface area (Å²) in [6.07, 6.45) is 4.83. The number of rotatable bonds is 5. The van der Waals surface area contributed by atoms with Gasteiger partial charge in [-0.15, -0.1) is 0 Å². The van der Waals surface area contributed by atoms with Crippen LogP contribution in [-0.2, 0) is 6.54 Å². The maximum atomic E-state index is 12.3. The zero-order chi connectivity index (χ0) is 16.9. The van der Waals surface area contributed by atoms with E-state index in [1.807, 2.05) is 46.1 Å². The van der Waals surface area contributed by atoms with Gasteiger partial charge < -0.3 is 15.1 Å². The van der Waals surface area contributed by atoms with Gasteiger partial charge in [0.1, 0.15) is 0 Å². The van der Waals surface area contributed by atoms with Crippen LogP contribution in [0, 0.1) is 5.92 Å². The molecule has 1 saturated heterocycles. The number of benzene rings is 1. The Morgan fingerprint density at radius 3 is 2.88 bits per heavy atom. The molecular formula is C18H25N5O. The van der Waals surface area contributed by atoms with Crippen LogP contribution in [0.2, 0.25) is 0 Å². The van der Waals surface area contributed by atoms with E-state index < -0.39 is 0 Å². The van der Waals surface area contributed by atoms with Crippen molar-refractivity contribution in [2.75, 3.05) is 33.7 Å². The van der Waals surface area contributed by atoms with Gasteiger partial charge in [-0.1, -0.05) is 18.2 Å². The highest BCUT2D eigenvalue weighted by Gasteiger charge is 2.26. The monoisotopic (exact) mass is 327 g/mol. The Bertz CT molecular complexity index is 667. The van der Waals surface area contributed by atoms with Gasteiger partial charge >= 0.3 is 6.03 Å². The maximum absolute atomic E-state index is 12.3. The predicted octanol–water partition coefficient (Wildman–Crippen LogP) is 1.97. The molecule has 24 heavy (non-hydrogen) atoms. The van der Waals surface area contributed by atoms with Crippen molar-refractivity contribution in [2.45, 2.75) is 13.0 Å². The molecule has 6 nitrogen and oxygen atoms in total. The first-order chi connectivity index (χ1) is 11.6. The molecule has 128 valence electrons. The lowest BCUT2D eigenvalue weighted by atomic mass is 10.1. The zero-order valence-corrected chi connectivity index (χ0v) is 14.4. The van der Waals surface area contributed by atoms with Crippen molar-refractivity contribution in [3.05, 3.63) is 48.3 Å². The van der Waals surface area contributed by atoms with Gasteiger partial charge in [-0.05, 0) is 38.6 Å². The number of likely N-dealkylation sites (tertiary alicyclic amines) is 1. The first-order valence-electron chi connectivity index (χ1n) is 8.38. The number of hydrogen-bond donors (Lipinski definition) is 1. The smallest absolute Gasteiger partial charge is 0.317 e. The van der Waals surface area contributed by atoms with Crippen molar-refractivity contribution >= 4 is 6.03 Å². The highest BCUT2D eigenvalue weighted by atomic mass is 16.2. The van der Waals surface area contributed by atoms with E-state index in [-0.39, 0.29) is 6.03 Å². The number of carbonyl (C=O) groups excluding carboxylic acids is 1. The van der Waals surface area contributed by atoms with Crippen molar-refractivity contribution in [1.29, 1.82) is 0 Å². The topological polar surface area (TPSA) is 53.4 Å². The van der Waals surface area contributed by atoms with E-state index in [4.69, 9.17) is 0 Å². The second-order valence-corrected chi connectivity index (χ2v) is 6.65. The van der Waals surface area contributed by atoms with E-state index >= 15 is 0 Å². The van der Waals surface area contributed by atoms with Crippen molar-refractivity contribution in [3.63, 3.8) is 0 Å². The summed E-state index contributed by atoms with van der Waals surface area (Å²) in [6, 6.07) is 9.97. The molecule has 0 saturated carbocycles. The minimum atomic E-state index is 0.0173. The molecule has 6 heteroatoms. The summed E-state index contributed by atoms with van der Waals surface area (Å²) in [5.41, 5.74) is 2.01. The molecular weight excluding hydrogens is 302 g/mol. The predicted molar refractivity (Wildman–Crippen MR) is 94.0 cm³/mol. The zero-order valence-electron chi connectivity index (χ0n) is 14.4. The Balaban J connectivity index is 1.50. The van der Waals surface area contributed by atoms with E-state index in [0.29, 0.717) is 12.5 Å². The lowest BCUT2D eigenvalue weighted by Crippen LogP contribution is -2.38. The van der Waals surface area contributed by atoms with E-state index in [1.165, 1.54) is 0 Å². The van der Waals surface area contributed by atoms with Crippen LogP contribution in [0.5, 0.6) is 0 Å². The van der Waals surface area contributed by atoms with Crippen molar-refractivity contribution in [1.82, 2.24) is 24.9 Å². The second-order valence-electron chi connectivity index (χ2n) is 6.65. The van der Waals surface area contributed by atoms with Gasteiger partial charge in [-0.2, -0.15) is 5.10 Å². The van der Waals surface area contributed by atoms with Gasteiger partial charge in [-0.3, -0.25) is 0 Å². The third-order valence-corrected chi connectivity index (χ3v) is 4.30. The Kier molecular flexibility index (Phi) is 5.15. The summed E-state index contributed by atoms with van der Waals surface area (Å²) >= 11 is 0. The summed E-state index contributed by atoms with van der Waals surface area (Å²) in [7, 11) is 4.15. The van der Waals surface area contributed by atoms with Crippen LogP contribution in [0.3, 0.4) is 0 Å². The minimum Gasteiger partial charge on any atom is -0.334 e. The fourth-order valence-electron chi connectivity index (χ4n) is 3.15. The average Bonchev–Trinajstić information content (AvgIpc) is 3.22. The lowest BCUT2D eigenvalue weighted by molar-refractivity contribution is 0.205. The highest BCUT2D eigenvalue weighted by molar-refractivity contribution is 5.74. The standard InChI is InChI=1S/C18H25N5O/c1-21(2)12-15-8-9-22(13-15)18(24)19-10-16-11-20-23(14-16)17-6-4-3-5-7-17/h3-7,11,14-15H,8-10,12-13H2,1-2H3,(H,19,24). The van der Waals surface area contributed by atoms with Crippen LogP contribution in [0.1, 0.15) is 12.0 Å². The largest absolute Gasteiger partial charge is 0.334 e. The van der Waals surface area contributed by atoms with Crippen molar-refractivity contribution in [2.24, 2.45) is 5.92 Å². The highest BCUT2D eigenvalue weighted by Crippen LogP contribution is 2.16. The number of aromatic nitrogens is 2. The molecule has 1 aromatic carbocycles. The molecule has 0 spiro atoms. The second kappa shape index (κ2) is 7.49. The number of urea groups is 1. The summed E-state index contributed by atoms with van der Waals surface area (Å²) in [4.78, 5) is 16.4. The molecule has 1 fully saturated rings. The van der Waals surface area contributed by atoms with Gasteiger partial charge in [0.25, 0.3) is 0 Å². The van der Waals surface area contributed by atoms with Crippen LogP contribution >= 0.6 is 0 Å². The number of hydrogen-bond acceptors (Lipinski definition) is 3. The summed E-state index contributed by atoms with van der Waals surface area (Å²) < 4.78 is 1.82. The molecule has 2 amide bonds. The number of carbonyl (C=O) groups is 1. The summed E-state index contributed by atoms with van der Waals surface area (Å²) in [5, 5.41) is 7.35. The summed E-state index contributed by atoms with van der Waals surface area (Å²) in [5.74, 6) is 0.576. The van der Waals surface area contributed by atoms with Crippen LogP contribution in [-0.4, -0.2) is 59.3 Å². The van der Waals surface area contributed by atoms with Crippen molar-refractivity contribution in [3.8, 4) is 5.69 Å². The molecule has 1 atom stereocenters. The SMILES string of the molecule is CN(C)CC1CCN(C(=O)NCc2cnn(-c3ccccc3)c2)C1. The average molecular weight is 327 g/mol. The molecule has 1 unspecified atom stereocenters. The van der Waals surface area contributed by atoms with E-state index in [0.717, 1.165) is 37.3 Å². The van der Waals surface area contributed by atoms with Crippen LogP contribution in [0.25, 0.3) is 5.69 Å². The third kappa shape index (κ3) is 4.14. The number of para-hydroxylation sites is 1. The normalized spacial score (nSPS) is 17.5. The van der Waals surface area contributed by atoms with Gasteiger partial charge in [-0.25, -0.2) is 9.48 Å². The van der Waals surface area contributed by atoms with E-state index in [9.17, 15) is 4.79 Å². The van der Waals surface area contributed by atoms with Gasteiger partial charge in [0.05, 0.1) is 11.9 Å². The molecule has 2 aromatic rings. The molecule has 0 aliphatic carbocycles. The minimum absolute atomic E-state index is 0.0173. The molecule has 0 bridgehead atoms. The van der Waals surface area contributed by atoms with Crippen LogP contribution in [0.4, 0.5) is 4.79 Å². The number of nitrogens with one attached hydrogen (secondary N) is 1. The van der Waals surface area contributed by atoms with Gasteiger partial charge in [0.15, 0.2) is 0 Å². The number of amides is 2. The molecule has 1 aliphatic rings. The Hall–Kier alpha value is -2.34. The molecule has 0 radical (unpaired) electrons. The summed E-state index contributed by atoms with van der Waals surface area (Å²) in [6.45, 7) is 3.22. The van der Waals surface area contributed by atoms with Crippen LogP contribution in [0.15, 0.2) is 42.7 Å². The lowest BCUT2D eigenvalue weighted by Gasteiger charge is -2.18. The molecule has 2 heterocycles.